The third kappa shape index (κ3) is 8.24. The van der Waals surface area contributed by atoms with Gasteiger partial charge in [0.05, 0.1) is 19.1 Å². The molecule has 0 heterocycles. The van der Waals surface area contributed by atoms with E-state index in [2.05, 4.69) is 6.08 Å². The predicted octanol–water partition coefficient (Wildman–Crippen LogP) is -2.45. The van der Waals surface area contributed by atoms with Crippen molar-refractivity contribution in [2.45, 2.75) is 58.5 Å². The first kappa shape index (κ1) is 25.5. The Hall–Kier alpha value is 0.236. The number of hydrogen-bond donors (Lipinski definition) is 2. The van der Waals surface area contributed by atoms with Crippen LogP contribution >= 0.6 is 0 Å². The number of aliphatic hydroxyl groups excluding tert-OH is 1. The van der Waals surface area contributed by atoms with Crippen molar-refractivity contribution in [3.63, 3.8) is 0 Å². The summed E-state index contributed by atoms with van der Waals surface area (Å²) in [6, 6.07) is -1.88. The van der Waals surface area contributed by atoms with Crippen molar-refractivity contribution >= 4 is 11.9 Å². The minimum atomic E-state index is -1.28. The molecule has 0 aliphatic rings. The van der Waals surface area contributed by atoms with E-state index >= 15 is 0 Å². The third-order valence-electron chi connectivity index (χ3n) is 4.44. The molecule has 0 fully saturated rings. The molecule has 2 N–H and O–H groups in total. The summed E-state index contributed by atoms with van der Waals surface area (Å²) in [7, 11) is 0. The molecule has 0 bridgehead atoms. The van der Waals surface area contributed by atoms with Crippen molar-refractivity contribution in [3.05, 3.63) is 12.2 Å². The number of quaternary nitrogens is 1. The molecule has 3 atom stereocenters. The van der Waals surface area contributed by atoms with E-state index in [1.165, 1.54) is 13.8 Å². The molecule has 0 aromatic rings. The molecule has 0 spiro atoms. The van der Waals surface area contributed by atoms with Crippen molar-refractivity contribution < 1.29 is 80.8 Å². The van der Waals surface area contributed by atoms with Gasteiger partial charge < -0.3 is 24.6 Å². The van der Waals surface area contributed by atoms with E-state index in [1.54, 1.807) is 0 Å². The van der Waals surface area contributed by atoms with Crippen molar-refractivity contribution in [1.82, 2.24) is 0 Å². The first-order chi connectivity index (χ1) is 10.3. The minimum absolute atomic E-state index is 0. The van der Waals surface area contributed by atoms with Gasteiger partial charge in [-0.05, 0) is 46.5 Å². The van der Waals surface area contributed by atoms with Gasteiger partial charge in [-0.2, -0.15) is 0 Å². The maximum atomic E-state index is 11.4. The van der Waals surface area contributed by atoms with Crippen LogP contribution in [-0.2, 0) is 9.59 Å². The van der Waals surface area contributed by atoms with Gasteiger partial charge in [-0.25, -0.2) is 4.79 Å². The minimum Gasteiger partial charge on any atom is -0.544 e. The topological polar surface area (TPSA) is 97.7 Å². The predicted molar refractivity (Wildman–Crippen MR) is 81.9 cm³/mol. The Morgan fingerprint density at radius 1 is 1.13 bits per heavy atom. The second-order valence-corrected chi connectivity index (χ2v) is 5.70. The van der Waals surface area contributed by atoms with Crippen LogP contribution in [0, 0.1) is 0 Å². The Balaban J connectivity index is 0. The van der Waals surface area contributed by atoms with Crippen molar-refractivity contribution in [2.75, 3.05) is 19.7 Å². The SMILES string of the molecule is C/C=C/CCCCC[N+](CCO)(C(C)C(=O)[O-])C(C)C(=O)O.[K+]. The molecular weight excluding hydrogens is 325 g/mol. The zero-order valence-electron chi connectivity index (χ0n) is 14.8. The molecule has 128 valence electrons. The molecule has 0 rings (SSSR count). The van der Waals surface area contributed by atoms with Gasteiger partial charge in [0.1, 0.15) is 12.6 Å². The summed E-state index contributed by atoms with van der Waals surface area (Å²) in [6.45, 7) is 5.16. The van der Waals surface area contributed by atoms with Crippen LogP contribution in [-0.4, -0.2) is 58.4 Å². The monoisotopic (exact) mass is 354 g/mol. The number of aliphatic carboxylic acids is 2. The molecule has 0 amide bonds. The summed E-state index contributed by atoms with van der Waals surface area (Å²) in [4.78, 5) is 22.7. The maximum Gasteiger partial charge on any atom is 1.00 e. The number of aliphatic hydroxyl groups is 1. The molecule has 0 saturated carbocycles. The van der Waals surface area contributed by atoms with Crippen LogP contribution < -0.4 is 56.5 Å². The van der Waals surface area contributed by atoms with Crippen LogP contribution in [0.15, 0.2) is 12.2 Å². The summed E-state index contributed by atoms with van der Waals surface area (Å²) >= 11 is 0. The van der Waals surface area contributed by atoms with Crippen LogP contribution in [0.1, 0.15) is 46.5 Å². The van der Waals surface area contributed by atoms with E-state index in [-0.39, 0.29) is 69.0 Å². The van der Waals surface area contributed by atoms with Crippen LogP contribution in [0.3, 0.4) is 0 Å². The Morgan fingerprint density at radius 3 is 2.17 bits per heavy atom. The Kier molecular flexibility index (Phi) is 15.0. The summed E-state index contributed by atoms with van der Waals surface area (Å²) in [6.07, 6.45) is 7.59. The van der Waals surface area contributed by atoms with Gasteiger partial charge in [-0.15, -0.1) is 0 Å². The first-order valence-corrected chi connectivity index (χ1v) is 7.85. The average Bonchev–Trinajstić information content (AvgIpc) is 2.47. The van der Waals surface area contributed by atoms with Gasteiger partial charge in [0, 0.05) is 0 Å². The molecular formula is C16H29KNO5+. The number of nitrogens with zero attached hydrogens (tertiary/aromatic N) is 1. The fraction of sp³-hybridized carbons (Fsp3) is 0.750. The maximum absolute atomic E-state index is 11.4. The second-order valence-electron chi connectivity index (χ2n) is 5.70. The summed E-state index contributed by atoms with van der Waals surface area (Å²) in [5.74, 6) is -2.34. The number of carbonyl (C=O) groups is 2. The van der Waals surface area contributed by atoms with E-state index in [0.29, 0.717) is 13.0 Å². The van der Waals surface area contributed by atoms with Crippen LogP contribution in [0.5, 0.6) is 0 Å². The molecule has 0 aromatic heterocycles. The summed E-state index contributed by atoms with van der Waals surface area (Å²) < 4.78 is -0.183. The Labute approximate surface area is 181 Å². The van der Waals surface area contributed by atoms with Gasteiger partial charge in [0.25, 0.3) is 0 Å². The quantitative estimate of drug-likeness (QED) is 0.175. The van der Waals surface area contributed by atoms with Gasteiger partial charge in [0.15, 0.2) is 6.04 Å². The molecule has 0 aromatic carbocycles. The number of carbonyl (C=O) groups excluding carboxylic acids is 1. The van der Waals surface area contributed by atoms with E-state index in [0.717, 1.165) is 19.3 Å². The van der Waals surface area contributed by atoms with Gasteiger partial charge in [0.2, 0.25) is 0 Å². The molecule has 7 heteroatoms. The molecule has 3 unspecified atom stereocenters. The van der Waals surface area contributed by atoms with E-state index in [9.17, 15) is 24.9 Å². The van der Waals surface area contributed by atoms with Gasteiger partial charge >= 0.3 is 57.4 Å². The normalized spacial score (nSPS) is 16.3. The third-order valence-corrected chi connectivity index (χ3v) is 4.44. The van der Waals surface area contributed by atoms with E-state index in [1.807, 2.05) is 13.0 Å². The van der Waals surface area contributed by atoms with Crippen molar-refractivity contribution in [1.29, 1.82) is 0 Å². The van der Waals surface area contributed by atoms with Crippen LogP contribution in [0.2, 0.25) is 0 Å². The summed E-state index contributed by atoms with van der Waals surface area (Å²) in [5.41, 5.74) is 0. The zero-order chi connectivity index (χ0) is 17.2. The fourth-order valence-electron chi connectivity index (χ4n) is 2.85. The number of unbranched alkanes of at least 4 members (excludes halogenated alkanes) is 3. The van der Waals surface area contributed by atoms with Crippen LogP contribution in [0.4, 0.5) is 0 Å². The number of rotatable bonds is 12. The first-order valence-electron chi connectivity index (χ1n) is 7.85. The molecule has 23 heavy (non-hydrogen) atoms. The largest absolute Gasteiger partial charge is 1.00 e. The van der Waals surface area contributed by atoms with Gasteiger partial charge in [-0.1, -0.05) is 12.2 Å². The summed E-state index contributed by atoms with van der Waals surface area (Å²) in [5, 5.41) is 29.9. The van der Waals surface area contributed by atoms with Gasteiger partial charge in [-0.3, -0.25) is 0 Å². The molecule has 0 aliphatic heterocycles. The second kappa shape index (κ2) is 13.5. The smallest absolute Gasteiger partial charge is 0.544 e. The van der Waals surface area contributed by atoms with Crippen LogP contribution in [0.25, 0.3) is 0 Å². The van der Waals surface area contributed by atoms with Crippen molar-refractivity contribution in [2.24, 2.45) is 0 Å². The molecule has 0 saturated heterocycles. The number of carboxylic acid groups (broad SMARTS) is 2. The number of hydrogen-bond acceptors (Lipinski definition) is 4. The Morgan fingerprint density at radius 2 is 1.74 bits per heavy atom. The molecule has 0 aliphatic carbocycles. The molecule has 0 radical (unpaired) electrons. The number of allylic oxidation sites excluding steroid dienone is 2. The van der Waals surface area contributed by atoms with E-state index < -0.39 is 24.0 Å². The average molecular weight is 355 g/mol. The molecule has 6 nitrogen and oxygen atoms in total. The standard InChI is InChI=1S/C16H29NO5.K/c1-4-5-6-7-8-9-10-17(11-12-18,13(2)15(19)20)14(3)16(21)22;/h4-5,13-14,18H,6-12H2,1-3H3,(H-,19,20,21,22);/q;+1/b5-4+;. The fourth-order valence-corrected chi connectivity index (χ4v) is 2.85. The van der Waals surface area contributed by atoms with E-state index in [4.69, 9.17) is 0 Å². The van der Waals surface area contributed by atoms with Crippen molar-refractivity contribution in [3.8, 4) is 0 Å². The zero-order valence-corrected chi connectivity index (χ0v) is 17.9. The Bertz CT molecular complexity index is 367. The number of carboxylic acids is 2.